The molecule has 2 heteroatoms. The Morgan fingerprint density at radius 2 is 2.00 bits per heavy atom. The molecule has 11 heavy (non-hydrogen) atoms. The number of rotatable bonds is 2. The summed E-state index contributed by atoms with van der Waals surface area (Å²) in [6.45, 7) is 1.99. The van der Waals surface area contributed by atoms with E-state index in [2.05, 4.69) is 22.4 Å². The van der Waals surface area contributed by atoms with Crippen molar-refractivity contribution in [3.8, 4) is 0 Å². The van der Waals surface area contributed by atoms with E-state index in [-0.39, 0.29) is 6.04 Å². The van der Waals surface area contributed by atoms with Gasteiger partial charge in [-0.15, -0.1) is 0 Å². The topological polar surface area (TPSA) is 12.4 Å². The predicted octanol–water partition coefficient (Wildman–Crippen LogP) is 2.85. The minimum Gasteiger partial charge on any atom is -0.225 e. The highest BCUT2D eigenvalue weighted by atomic mass is 32.1. The van der Waals surface area contributed by atoms with Gasteiger partial charge in [0.1, 0.15) is 0 Å². The summed E-state index contributed by atoms with van der Waals surface area (Å²) in [5.41, 5.74) is 1.17. The molecule has 0 bridgehead atoms. The van der Waals surface area contributed by atoms with Crippen molar-refractivity contribution in [1.29, 1.82) is 0 Å². The summed E-state index contributed by atoms with van der Waals surface area (Å²) in [6, 6.07) is 10.2. The lowest BCUT2D eigenvalue weighted by Crippen LogP contribution is -1.86. The first kappa shape index (κ1) is 8.12. The normalized spacial score (nSPS) is 11.7. The molecule has 0 aliphatic rings. The molecule has 0 aromatic heterocycles. The first-order valence-electron chi connectivity index (χ1n) is 3.46. The van der Waals surface area contributed by atoms with Gasteiger partial charge >= 0.3 is 0 Å². The molecular weight excluding hydrogens is 154 g/mol. The van der Waals surface area contributed by atoms with Crippen LogP contribution in [0.25, 0.3) is 0 Å². The van der Waals surface area contributed by atoms with Crippen LogP contribution >= 0.6 is 12.2 Å². The average Bonchev–Trinajstić information content (AvgIpc) is 2.07. The number of hydrogen-bond donors (Lipinski definition) is 0. The van der Waals surface area contributed by atoms with E-state index in [1.54, 1.807) is 0 Å². The second kappa shape index (κ2) is 4.02. The summed E-state index contributed by atoms with van der Waals surface area (Å²) in [5, 5.41) is 2.37. The Morgan fingerprint density at radius 3 is 2.55 bits per heavy atom. The fourth-order valence-electron chi connectivity index (χ4n) is 0.885. The Balaban J connectivity index is 2.84. The van der Waals surface area contributed by atoms with Gasteiger partial charge in [0.15, 0.2) is 0 Å². The summed E-state index contributed by atoms with van der Waals surface area (Å²) < 4.78 is 0. The van der Waals surface area contributed by atoms with Gasteiger partial charge in [-0.2, -0.15) is 0 Å². The molecule has 0 saturated heterocycles. The van der Waals surface area contributed by atoms with Gasteiger partial charge in [-0.3, -0.25) is 0 Å². The third-order valence-corrected chi connectivity index (χ3v) is 1.63. The van der Waals surface area contributed by atoms with E-state index in [1.807, 2.05) is 37.3 Å². The lowest BCUT2D eigenvalue weighted by molar-refractivity contribution is 0.828. The SMILES string of the molecule is CC(N=C=S)c1ccccc1. The van der Waals surface area contributed by atoms with Gasteiger partial charge in [0.2, 0.25) is 0 Å². The van der Waals surface area contributed by atoms with Crippen molar-refractivity contribution in [3.63, 3.8) is 0 Å². The van der Waals surface area contributed by atoms with Gasteiger partial charge in [-0.05, 0) is 24.7 Å². The zero-order chi connectivity index (χ0) is 8.10. The van der Waals surface area contributed by atoms with E-state index in [0.717, 1.165) is 0 Å². The highest BCUT2D eigenvalue weighted by molar-refractivity contribution is 7.78. The Hall–Kier alpha value is -0.980. The van der Waals surface area contributed by atoms with E-state index in [1.165, 1.54) is 5.56 Å². The zero-order valence-electron chi connectivity index (χ0n) is 6.32. The van der Waals surface area contributed by atoms with Crippen LogP contribution in [0.4, 0.5) is 0 Å². The highest BCUT2D eigenvalue weighted by Gasteiger charge is 1.98. The molecule has 1 rings (SSSR count). The van der Waals surface area contributed by atoms with Gasteiger partial charge in [-0.25, -0.2) is 4.99 Å². The maximum absolute atomic E-state index is 4.51. The average molecular weight is 163 g/mol. The molecular formula is C9H9NS. The Morgan fingerprint density at radius 1 is 1.36 bits per heavy atom. The van der Waals surface area contributed by atoms with E-state index >= 15 is 0 Å². The van der Waals surface area contributed by atoms with Crippen LogP contribution in [0.1, 0.15) is 18.5 Å². The Labute approximate surface area is 71.8 Å². The number of nitrogens with zero attached hydrogens (tertiary/aromatic N) is 1. The molecule has 0 radical (unpaired) electrons. The van der Waals surface area contributed by atoms with E-state index in [9.17, 15) is 0 Å². The van der Waals surface area contributed by atoms with Crippen LogP contribution in [-0.4, -0.2) is 5.16 Å². The van der Waals surface area contributed by atoms with Crippen LogP contribution in [-0.2, 0) is 0 Å². The maximum Gasteiger partial charge on any atom is 0.0824 e. The van der Waals surface area contributed by atoms with Crippen molar-refractivity contribution >= 4 is 17.4 Å². The number of hydrogen-bond acceptors (Lipinski definition) is 2. The van der Waals surface area contributed by atoms with Gasteiger partial charge in [0.05, 0.1) is 11.2 Å². The molecule has 1 unspecified atom stereocenters. The molecule has 1 aromatic carbocycles. The van der Waals surface area contributed by atoms with Crippen molar-refractivity contribution in [2.75, 3.05) is 0 Å². The second-order valence-electron chi connectivity index (χ2n) is 2.31. The second-order valence-corrected chi connectivity index (χ2v) is 2.49. The third kappa shape index (κ3) is 2.26. The molecule has 0 heterocycles. The Bertz CT molecular complexity index is 262. The summed E-state index contributed by atoms with van der Waals surface area (Å²) in [4.78, 5) is 3.96. The summed E-state index contributed by atoms with van der Waals surface area (Å²) in [7, 11) is 0. The van der Waals surface area contributed by atoms with Gasteiger partial charge in [0, 0.05) is 0 Å². The molecule has 1 aromatic rings. The third-order valence-electron chi connectivity index (χ3n) is 1.53. The first-order chi connectivity index (χ1) is 5.34. The molecule has 1 nitrogen and oxygen atoms in total. The minimum atomic E-state index is 0.133. The van der Waals surface area contributed by atoms with Crippen molar-refractivity contribution < 1.29 is 0 Å². The molecule has 0 saturated carbocycles. The van der Waals surface area contributed by atoms with E-state index < -0.39 is 0 Å². The molecule has 0 aliphatic heterocycles. The molecule has 0 amide bonds. The van der Waals surface area contributed by atoms with Crippen LogP contribution in [0.5, 0.6) is 0 Å². The standard InChI is InChI=1S/C9H9NS/c1-8(10-7-11)9-5-3-2-4-6-9/h2-6,8H,1H3. The summed E-state index contributed by atoms with van der Waals surface area (Å²) >= 11 is 4.51. The summed E-state index contributed by atoms with van der Waals surface area (Å²) in [6.07, 6.45) is 0. The highest BCUT2D eigenvalue weighted by Crippen LogP contribution is 2.14. The number of aliphatic imine (C=N–C) groups is 1. The maximum atomic E-state index is 4.51. The largest absolute Gasteiger partial charge is 0.225 e. The van der Waals surface area contributed by atoms with Crippen molar-refractivity contribution in [2.24, 2.45) is 4.99 Å². The number of benzene rings is 1. The number of isothiocyanates is 1. The Kier molecular flexibility index (Phi) is 2.96. The van der Waals surface area contributed by atoms with Gasteiger partial charge in [-0.1, -0.05) is 30.3 Å². The van der Waals surface area contributed by atoms with Gasteiger partial charge in [0.25, 0.3) is 0 Å². The number of thiocarbonyl (C=S) groups is 1. The minimum absolute atomic E-state index is 0.133. The monoisotopic (exact) mass is 163 g/mol. The molecule has 0 aliphatic carbocycles. The van der Waals surface area contributed by atoms with E-state index in [0.29, 0.717) is 0 Å². The van der Waals surface area contributed by atoms with Gasteiger partial charge < -0.3 is 0 Å². The van der Waals surface area contributed by atoms with Crippen LogP contribution in [0.15, 0.2) is 35.3 Å². The fraction of sp³-hybridized carbons (Fsp3) is 0.222. The van der Waals surface area contributed by atoms with Crippen LogP contribution in [0.3, 0.4) is 0 Å². The molecule has 0 N–H and O–H groups in total. The van der Waals surface area contributed by atoms with Crippen molar-refractivity contribution in [3.05, 3.63) is 35.9 Å². The van der Waals surface area contributed by atoms with Crippen LogP contribution in [0.2, 0.25) is 0 Å². The first-order valence-corrected chi connectivity index (χ1v) is 3.87. The van der Waals surface area contributed by atoms with E-state index in [4.69, 9.17) is 0 Å². The molecule has 56 valence electrons. The fourth-order valence-corrected chi connectivity index (χ4v) is 1.04. The lowest BCUT2D eigenvalue weighted by Gasteiger charge is -2.02. The smallest absolute Gasteiger partial charge is 0.0824 e. The summed E-state index contributed by atoms with van der Waals surface area (Å²) in [5.74, 6) is 0. The van der Waals surface area contributed by atoms with Crippen LogP contribution < -0.4 is 0 Å². The lowest BCUT2D eigenvalue weighted by atomic mass is 10.1. The zero-order valence-corrected chi connectivity index (χ0v) is 7.14. The predicted molar refractivity (Wildman–Crippen MR) is 49.9 cm³/mol. The molecule has 0 spiro atoms. The molecule has 1 atom stereocenters. The van der Waals surface area contributed by atoms with Crippen molar-refractivity contribution in [2.45, 2.75) is 13.0 Å². The quantitative estimate of drug-likeness (QED) is 0.482. The molecule has 0 fully saturated rings. The van der Waals surface area contributed by atoms with Crippen LogP contribution in [0, 0.1) is 0 Å². The van der Waals surface area contributed by atoms with Crippen molar-refractivity contribution in [1.82, 2.24) is 0 Å².